The predicted octanol–water partition coefficient (Wildman–Crippen LogP) is 1.77. The maximum atomic E-state index is 10.0. The molecule has 3 nitrogen and oxygen atoms in total. The Morgan fingerprint density at radius 1 is 1.31 bits per heavy atom. The maximum Gasteiger partial charge on any atom is 0.127 e. The van der Waals surface area contributed by atoms with Crippen molar-refractivity contribution >= 4 is 6.08 Å². The van der Waals surface area contributed by atoms with Crippen molar-refractivity contribution in [3.05, 3.63) is 34.9 Å². The lowest BCUT2D eigenvalue weighted by Gasteiger charge is -2.13. The summed E-state index contributed by atoms with van der Waals surface area (Å²) in [5.41, 5.74) is 2.76. The quantitative estimate of drug-likeness (QED) is 0.814. The van der Waals surface area contributed by atoms with Crippen LogP contribution in [0.15, 0.2) is 18.2 Å². The van der Waals surface area contributed by atoms with Crippen LogP contribution in [-0.4, -0.2) is 35.8 Å². The highest BCUT2D eigenvalue weighted by Gasteiger charge is 2.07. The largest absolute Gasteiger partial charge is 0.507 e. The minimum atomic E-state index is -0.0175. The summed E-state index contributed by atoms with van der Waals surface area (Å²) in [5, 5.41) is 18.8. The molecule has 0 spiro atoms. The Morgan fingerprint density at radius 3 is 2.56 bits per heavy atom. The molecule has 0 aliphatic rings. The smallest absolute Gasteiger partial charge is 0.127 e. The van der Waals surface area contributed by atoms with Gasteiger partial charge >= 0.3 is 0 Å². The first-order valence-electron chi connectivity index (χ1n) is 5.29. The Bertz CT molecular complexity index is 384. The van der Waals surface area contributed by atoms with Crippen molar-refractivity contribution < 1.29 is 10.2 Å². The summed E-state index contributed by atoms with van der Waals surface area (Å²) in [6, 6.07) is 3.88. The zero-order chi connectivity index (χ0) is 12.1. The maximum absolute atomic E-state index is 10.0. The fourth-order valence-corrected chi connectivity index (χ4v) is 1.65. The summed E-state index contributed by atoms with van der Waals surface area (Å²) in [6.45, 7) is 2.68. The fraction of sp³-hybridized carbons (Fsp3) is 0.385. The van der Waals surface area contributed by atoms with Crippen LogP contribution in [0, 0.1) is 6.92 Å². The number of aliphatic hydroxyl groups excluding tert-OH is 1. The number of phenolic OH excluding ortho intramolecular Hbond substituents is 1. The summed E-state index contributed by atoms with van der Waals surface area (Å²) in [4.78, 5) is 2.01. The van der Waals surface area contributed by atoms with Gasteiger partial charge in [0, 0.05) is 17.7 Å². The molecule has 0 aromatic heterocycles. The monoisotopic (exact) mass is 221 g/mol. The van der Waals surface area contributed by atoms with Gasteiger partial charge in [-0.2, -0.15) is 0 Å². The average molecular weight is 221 g/mol. The molecule has 0 bridgehead atoms. The van der Waals surface area contributed by atoms with Gasteiger partial charge in [0.15, 0.2) is 0 Å². The summed E-state index contributed by atoms with van der Waals surface area (Å²) in [7, 11) is 3.93. The second-order valence-electron chi connectivity index (χ2n) is 4.18. The van der Waals surface area contributed by atoms with E-state index in [1.807, 2.05) is 38.1 Å². The molecule has 0 unspecified atom stereocenters. The number of aromatic hydroxyl groups is 1. The van der Waals surface area contributed by atoms with Gasteiger partial charge in [0.05, 0.1) is 6.61 Å². The minimum Gasteiger partial charge on any atom is -0.507 e. The van der Waals surface area contributed by atoms with Gasteiger partial charge in [0.1, 0.15) is 5.75 Å². The standard InChI is InChI=1S/C13H19NO2/c1-10-7-11(5-4-6-15)13(16)12(8-10)9-14(2)3/h4-5,7-8,15-16H,6,9H2,1-3H3/b5-4-. The van der Waals surface area contributed by atoms with Gasteiger partial charge in [-0.15, -0.1) is 0 Å². The molecule has 16 heavy (non-hydrogen) atoms. The molecule has 1 rings (SSSR count). The van der Waals surface area contributed by atoms with E-state index in [1.165, 1.54) is 0 Å². The number of benzene rings is 1. The Balaban J connectivity index is 3.10. The van der Waals surface area contributed by atoms with E-state index in [0.29, 0.717) is 12.3 Å². The van der Waals surface area contributed by atoms with Crippen LogP contribution in [0.5, 0.6) is 5.75 Å². The minimum absolute atomic E-state index is 0.0175. The van der Waals surface area contributed by atoms with Crippen molar-refractivity contribution in [2.45, 2.75) is 13.5 Å². The normalized spacial score (nSPS) is 11.6. The highest BCUT2D eigenvalue weighted by molar-refractivity contribution is 5.60. The number of phenols is 1. The Labute approximate surface area is 96.6 Å². The number of nitrogens with zero attached hydrogens (tertiary/aromatic N) is 1. The summed E-state index contributed by atoms with van der Waals surface area (Å²) in [6.07, 6.45) is 3.36. The molecule has 1 aromatic carbocycles. The number of aliphatic hydroxyl groups is 1. The highest BCUT2D eigenvalue weighted by Crippen LogP contribution is 2.26. The molecule has 2 N–H and O–H groups in total. The molecule has 0 fully saturated rings. The molecular formula is C13H19NO2. The second kappa shape index (κ2) is 5.68. The third-order valence-electron chi connectivity index (χ3n) is 2.25. The lowest BCUT2D eigenvalue weighted by atomic mass is 10.0. The Hall–Kier alpha value is -1.32. The van der Waals surface area contributed by atoms with Gasteiger partial charge in [-0.1, -0.05) is 18.2 Å². The first-order chi connectivity index (χ1) is 7.54. The van der Waals surface area contributed by atoms with Crippen LogP contribution < -0.4 is 0 Å². The fourth-order valence-electron chi connectivity index (χ4n) is 1.65. The zero-order valence-corrected chi connectivity index (χ0v) is 10.1. The van der Waals surface area contributed by atoms with Crippen molar-refractivity contribution in [2.75, 3.05) is 20.7 Å². The van der Waals surface area contributed by atoms with Crippen LogP contribution in [0.3, 0.4) is 0 Å². The lowest BCUT2D eigenvalue weighted by Crippen LogP contribution is -2.11. The zero-order valence-electron chi connectivity index (χ0n) is 10.1. The summed E-state index contributed by atoms with van der Waals surface area (Å²) in [5.74, 6) is 0.295. The van der Waals surface area contributed by atoms with Crippen LogP contribution >= 0.6 is 0 Å². The van der Waals surface area contributed by atoms with Crippen molar-refractivity contribution in [1.29, 1.82) is 0 Å². The number of rotatable bonds is 4. The van der Waals surface area contributed by atoms with Crippen LogP contribution in [-0.2, 0) is 6.54 Å². The van der Waals surface area contributed by atoms with Gasteiger partial charge in [0.2, 0.25) is 0 Å². The molecule has 0 saturated heterocycles. The second-order valence-corrected chi connectivity index (χ2v) is 4.18. The SMILES string of the molecule is Cc1cc(/C=C\CO)c(O)c(CN(C)C)c1. The van der Waals surface area contributed by atoms with Crippen LogP contribution in [0.1, 0.15) is 16.7 Å². The highest BCUT2D eigenvalue weighted by atomic mass is 16.3. The van der Waals surface area contributed by atoms with E-state index in [2.05, 4.69) is 0 Å². The van der Waals surface area contributed by atoms with Gasteiger partial charge in [-0.25, -0.2) is 0 Å². The summed E-state index contributed by atoms with van der Waals surface area (Å²) >= 11 is 0. The van der Waals surface area contributed by atoms with Crippen molar-refractivity contribution in [2.24, 2.45) is 0 Å². The first-order valence-corrected chi connectivity index (χ1v) is 5.29. The molecule has 0 atom stereocenters. The van der Waals surface area contributed by atoms with Crippen molar-refractivity contribution in [1.82, 2.24) is 4.90 Å². The third kappa shape index (κ3) is 3.36. The molecule has 88 valence electrons. The summed E-state index contributed by atoms with van der Waals surface area (Å²) < 4.78 is 0. The molecular weight excluding hydrogens is 202 g/mol. The van der Waals surface area contributed by atoms with Crippen LogP contribution in [0.25, 0.3) is 6.08 Å². The van der Waals surface area contributed by atoms with Gasteiger partial charge in [-0.3, -0.25) is 0 Å². The number of aryl methyl sites for hydroxylation is 1. The Kier molecular flexibility index (Phi) is 4.52. The molecule has 0 heterocycles. The van der Waals surface area contributed by atoms with E-state index in [4.69, 9.17) is 5.11 Å². The number of hydrogen-bond acceptors (Lipinski definition) is 3. The van der Waals surface area contributed by atoms with Gasteiger partial charge in [-0.05, 0) is 32.6 Å². The van der Waals surface area contributed by atoms with Crippen LogP contribution in [0.4, 0.5) is 0 Å². The van der Waals surface area contributed by atoms with Crippen molar-refractivity contribution in [3.63, 3.8) is 0 Å². The van der Waals surface area contributed by atoms with Gasteiger partial charge in [0.25, 0.3) is 0 Å². The van der Waals surface area contributed by atoms with E-state index < -0.39 is 0 Å². The molecule has 0 saturated carbocycles. The predicted molar refractivity (Wildman–Crippen MR) is 66.4 cm³/mol. The molecule has 0 aliphatic carbocycles. The topological polar surface area (TPSA) is 43.7 Å². The molecule has 0 aliphatic heterocycles. The molecule has 0 amide bonds. The molecule has 1 aromatic rings. The lowest BCUT2D eigenvalue weighted by molar-refractivity contribution is 0.343. The first kappa shape index (κ1) is 12.7. The average Bonchev–Trinajstić information content (AvgIpc) is 2.20. The third-order valence-corrected chi connectivity index (χ3v) is 2.25. The van der Waals surface area contributed by atoms with Crippen molar-refractivity contribution in [3.8, 4) is 5.75 Å². The number of hydrogen-bond donors (Lipinski definition) is 2. The van der Waals surface area contributed by atoms with Crippen LogP contribution in [0.2, 0.25) is 0 Å². The Morgan fingerprint density at radius 2 is 2.00 bits per heavy atom. The molecule has 0 radical (unpaired) electrons. The van der Waals surface area contributed by atoms with Gasteiger partial charge < -0.3 is 15.1 Å². The van der Waals surface area contributed by atoms with E-state index >= 15 is 0 Å². The van der Waals surface area contributed by atoms with E-state index in [9.17, 15) is 5.11 Å². The van der Waals surface area contributed by atoms with E-state index in [-0.39, 0.29) is 6.61 Å². The van der Waals surface area contributed by atoms with E-state index in [1.54, 1.807) is 12.2 Å². The van der Waals surface area contributed by atoms with E-state index in [0.717, 1.165) is 16.7 Å². The molecule has 3 heteroatoms.